The van der Waals surface area contributed by atoms with Crippen LogP contribution >= 0.6 is 11.6 Å². The Morgan fingerprint density at radius 3 is 2.23 bits per heavy atom. The van der Waals surface area contributed by atoms with Gasteiger partial charge in [0.05, 0.1) is 16.6 Å². The molecule has 2 aromatic rings. The van der Waals surface area contributed by atoms with Gasteiger partial charge in [0.2, 0.25) is 0 Å². The van der Waals surface area contributed by atoms with Crippen LogP contribution in [0.5, 0.6) is 0 Å². The van der Waals surface area contributed by atoms with E-state index in [4.69, 9.17) is 11.6 Å². The van der Waals surface area contributed by atoms with Gasteiger partial charge in [-0.3, -0.25) is 4.79 Å². The summed E-state index contributed by atoms with van der Waals surface area (Å²) in [7, 11) is 1.54. The molecule has 0 saturated heterocycles. The summed E-state index contributed by atoms with van der Waals surface area (Å²) in [4.78, 5) is 24.2. The second-order valence-corrected chi connectivity index (χ2v) is 7.49. The summed E-state index contributed by atoms with van der Waals surface area (Å²) in [5, 5.41) is 8.59. The number of urea groups is 1. The minimum Gasteiger partial charge on any atom is -0.355 e. The zero-order valence-electron chi connectivity index (χ0n) is 15.4. The molecule has 0 fully saturated rings. The van der Waals surface area contributed by atoms with Crippen molar-refractivity contribution in [2.24, 2.45) is 5.41 Å². The van der Waals surface area contributed by atoms with Crippen LogP contribution in [0.1, 0.15) is 42.7 Å². The van der Waals surface area contributed by atoms with Crippen LogP contribution in [0, 0.1) is 5.41 Å². The molecule has 5 nitrogen and oxygen atoms in total. The van der Waals surface area contributed by atoms with Crippen molar-refractivity contribution in [3.8, 4) is 0 Å². The second-order valence-electron chi connectivity index (χ2n) is 7.08. The molecule has 0 spiro atoms. The molecule has 1 unspecified atom stereocenters. The molecule has 0 aromatic heterocycles. The van der Waals surface area contributed by atoms with Gasteiger partial charge in [0.25, 0.3) is 5.91 Å². The van der Waals surface area contributed by atoms with Crippen molar-refractivity contribution < 1.29 is 9.59 Å². The quantitative estimate of drug-likeness (QED) is 0.732. The predicted molar refractivity (Wildman–Crippen MR) is 106 cm³/mol. The monoisotopic (exact) mass is 373 g/mol. The van der Waals surface area contributed by atoms with E-state index in [2.05, 4.69) is 36.7 Å². The van der Waals surface area contributed by atoms with Crippen LogP contribution in [-0.4, -0.2) is 19.0 Å². The Kier molecular flexibility index (Phi) is 6.27. The molecule has 2 aromatic carbocycles. The van der Waals surface area contributed by atoms with E-state index < -0.39 is 0 Å². The van der Waals surface area contributed by atoms with E-state index in [1.807, 2.05) is 30.3 Å². The molecular formula is C20H24ClN3O2. The fourth-order valence-electron chi connectivity index (χ4n) is 2.66. The maximum absolute atomic E-state index is 12.5. The summed E-state index contributed by atoms with van der Waals surface area (Å²) in [5.74, 6) is -0.275. The Morgan fingerprint density at radius 1 is 1.04 bits per heavy atom. The highest BCUT2D eigenvalue weighted by Crippen LogP contribution is 2.32. The molecule has 1 atom stereocenters. The van der Waals surface area contributed by atoms with E-state index >= 15 is 0 Å². The van der Waals surface area contributed by atoms with Gasteiger partial charge in [-0.15, -0.1) is 0 Å². The van der Waals surface area contributed by atoms with Crippen molar-refractivity contribution in [2.45, 2.75) is 26.8 Å². The Balaban J connectivity index is 2.14. The summed E-state index contributed by atoms with van der Waals surface area (Å²) < 4.78 is 0. The van der Waals surface area contributed by atoms with Crippen LogP contribution in [-0.2, 0) is 0 Å². The SMILES string of the molecule is CNC(=O)c1ccc(NC(=O)NC(c2ccccc2)C(C)(C)C)cc1Cl. The number of hydrogen-bond acceptors (Lipinski definition) is 2. The largest absolute Gasteiger partial charge is 0.355 e. The van der Waals surface area contributed by atoms with Gasteiger partial charge in [0, 0.05) is 12.7 Å². The summed E-state index contributed by atoms with van der Waals surface area (Å²) in [6.45, 7) is 6.21. The minimum absolute atomic E-state index is 0.163. The summed E-state index contributed by atoms with van der Waals surface area (Å²) in [6.07, 6.45) is 0. The van der Waals surface area contributed by atoms with Gasteiger partial charge in [-0.25, -0.2) is 4.79 Å². The van der Waals surface area contributed by atoms with Crippen molar-refractivity contribution in [2.75, 3.05) is 12.4 Å². The van der Waals surface area contributed by atoms with E-state index in [0.29, 0.717) is 11.3 Å². The average molecular weight is 374 g/mol. The Bertz CT molecular complexity index is 785. The summed E-state index contributed by atoms with van der Waals surface area (Å²) in [5.41, 5.74) is 1.74. The fourth-order valence-corrected chi connectivity index (χ4v) is 2.92. The number of amides is 3. The van der Waals surface area contributed by atoms with E-state index in [0.717, 1.165) is 5.56 Å². The number of rotatable bonds is 4. The van der Waals surface area contributed by atoms with E-state index in [-0.39, 0.29) is 28.4 Å². The molecule has 0 aliphatic carbocycles. The van der Waals surface area contributed by atoms with E-state index in [9.17, 15) is 9.59 Å². The normalized spacial score (nSPS) is 12.2. The number of carbonyl (C=O) groups is 2. The van der Waals surface area contributed by atoms with Crippen LogP contribution in [0.25, 0.3) is 0 Å². The Morgan fingerprint density at radius 2 is 1.69 bits per heavy atom. The maximum Gasteiger partial charge on any atom is 0.319 e. The number of hydrogen-bond donors (Lipinski definition) is 3. The average Bonchev–Trinajstić information content (AvgIpc) is 2.59. The highest BCUT2D eigenvalue weighted by atomic mass is 35.5. The van der Waals surface area contributed by atoms with Crippen molar-refractivity contribution >= 4 is 29.2 Å². The first-order valence-corrected chi connectivity index (χ1v) is 8.74. The van der Waals surface area contributed by atoms with Gasteiger partial charge in [0.1, 0.15) is 0 Å². The van der Waals surface area contributed by atoms with E-state index in [1.165, 1.54) is 7.05 Å². The number of benzene rings is 2. The molecular weight excluding hydrogens is 350 g/mol. The van der Waals surface area contributed by atoms with Crippen LogP contribution in [0.2, 0.25) is 5.02 Å². The van der Waals surface area contributed by atoms with Crippen molar-refractivity contribution in [1.29, 1.82) is 0 Å². The molecule has 0 radical (unpaired) electrons. The third kappa shape index (κ3) is 4.99. The molecule has 3 N–H and O–H groups in total. The lowest BCUT2D eigenvalue weighted by atomic mass is 9.82. The molecule has 26 heavy (non-hydrogen) atoms. The summed E-state index contributed by atoms with van der Waals surface area (Å²) in [6, 6.07) is 14.1. The molecule has 2 rings (SSSR count). The standard InChI is InChI=1S/C20H24ClN3O2/c1-20(2,3)17(13-8-6-5-7-9-13)24-19(26)23-14-10-11-15(16(21)12-14)18(25)22-4/h5-12,17H,1-4H3,(H,22,25)(H2,23,24,26). The van der Waals surface area contributed by atoms with Gasteiger partial charge in [0.15, 0.2) is 0 Å². The lowest BCUT2D eigenvalue weighted by Crippen LogP contribution is -2.39. The van der Waals surface area contributed by atoms with Crippen molar-refractivity contribution in [1.82, 2.24) is 10.6 Å². The highest BCUT2D eigenvalue weighted by molar-refractivity contribution is 6.34. The first-order chi connectivity index (χ1) is 12.2. The molecule has 0 heterocycles. The smallest absolute Gasteiger partial charge is 0.319 e. The molecule has 0 aliphatic heterocycles. The number of carbonyl (C=O) groups excluding carboxylic acids is 2. The number of anilines is 1. The van der Waals surface area contributed by atoms with Crippen LogP contribution in [0.4, 0.5) is 10.5 Å². The third-order valence-electron chi connectivity index (χ3n) is 3.97. The maximum atomic E-state index is 12.5. The molecule has 0 saturated carbocycles. The van der Waals surface area contributed by atoms with Crippen LogP contribution < -0.4 is 16.0 Å². The van der Waals surface area contributed by atoms with Gasteiger partial charge in [-0.2, -0.15) is 0 Å². The fraction of sp³-hybridized carbons (Fsp3) is 0.300. The van der Waals surface area contributed by atoms with Gasteiger partial charge in [-0.1, -0.05) is 62.7 Å². The van der Waals surface area contributed by atoms with Crippen LogP contribution in [0.3, 0.4) is 0 Å². The van der Waals surface area contributed by atoms with Gasteiger partial charge < -0.3 is 16.0 Å². The Hall–Kier alpha value is -2.53. The van der Waals surface area contributed by atoms with Crippen LogP contribution in [0.15, 0.2) is 48.5 Å². The van der Waals surface area contributed by atoms with E-state index in [1.54, 1.807) is 18.2 Å². The molecule has 0 aliphatic rings. The Labute approximate surface area is 159 Å². The van der Waals surface area contributed by atoms with Crippen molar-refractivity contribution in [3.63, 3.8) is 0 Å². The van der Waals surface area contributed by atoms with Gasteiger partial charge in [-0.05, 0) is 29.2 Å². The minimum atomic E-state index is -0.336. The lowest BCUT2D eigenvalue weighted by molar-refractivity contribution is 0.0963. The zero-order valence-corrected chi connectivity index (χ0v) is 16.1. The first kappa shape index (κ1) is 19.8. The topological polar surface area (TPSA) is 70.2 Å². The zero-order chi connectivity index (χ0) is 19.3. The summed E-state index contributed by atoms with van der Waals surface area (Å²) >= 11 is 6.13. The molecule has 0 bridgehead atoms. The second kappa shape index (κ2) is 8.23. The van der Waals surface area contributed by atoms with Gasteiger partial charge >= 0.3 is 6.03 Å². The lowest BCUT2D eigenvalue weighted by Gasteiger charge is -2.32. The third-order valence-corrected chi connectivity index (χ3v) is 4.29. The number of halogens is 1. The first-order valence-electron chi connectivity index (χ1n) is 8.36. The molecule has 6 heteroatoms. The molecule has 138 valence electrons. The molecule has 3 amide bonds. The number of nitrogens with one attached hydrogen (secondary N) is 3. The highest BCUT2D eigenvalue weighted by Gasteiger charge is 2.27. The predicted octanol–water partition coefficient (Wildman–Crippen LogP) is 4.61. The van der Waals surface area contributed by atoms with Crippen molar-refractivity contribution in [3.05, 3.63) is 64.7 Å².